The van der Waals surface area contributed by atoms with Crippen molar-refractivity contribution in [1.29, 1.82) is 0 Å². The van der Waals surface area contributed by atoms with Gasteiger partial charge in [0.1, 0.15) is 11.6 Å². The normalized spacial score (nSPS) is 10.2. The van der Waals surface area contributed by atoms with Gasteiger partial charge < -0.3 is 10.4 Å². The molecule has 0 saturated carbocycles. The molecule has 4 nitrogen and oxygen atoms in total. The molecule has 0 radical (unpaired) electrons. The summed E-state index contributed by atoms with van der Waals surface area (Å²) in [7, 11) is 0. The van der Waals surface area contributed by atoms with Crippen molar-refractivity contribution in [3.05, 3.63) is 72.4 Å². The molecule has 2 N–H and O–H groups in total. The van der Waals surface area contributed by atoms with Crippen LogP contribution in [0.25, 0.3) is 11.1 Å². The van der Waals surface area contributed by atoms with Gasteiger partial charge in [0.2, 0.25) is 0 Å². The van der Waals surface area contributed by atoms with Crippen molar-refractivity contribution in [3.63, 3.8) is 0 Å². The Bertz CT molecular complexity index is 798. The second-order valence-corrected chi connectivity index (χ2v) is 4.78. The largest absolute Gasteiger partial charge is 0.506 e. The summed E-state index contributed by atoms with van der Waals surface area (Å²) in [5, 5.41) is 12.8. The van der Waals surface area contributed by atoms with Gasteiger partial charge in [0.25, 0.3) is 0 Å². The maximum atomic E-state index is 11.1. The average Bonchev–Trinajstić information content (AvgIpc) is 2.58. The van der Waals surface area contributed by atoms with Crippen LogP contribution in [-0.2, 0) is 0 Å². The Morgan fingerprint density at radius 2 is 1.73 bits per heavy atom. The van der Waals surface area contributed by atoms with E-state index >= 15 is 0 Å². The van der Waals surface area contributed by atoms with Crippen LogP contribution in [0.2, 0.25) is 0 Å². The number of carbonyl (C=O) groups is 1. The van der Waals surface area contributed by atoms with E-state index in [1.807, 2.05) is 36.4 Å². The number of carbonyl (C=O) groups excluding carboxylic acids is 1. The lowest BCUT2D eigenvalue weighted by Gasteiger charge is -2.09. The van der Waals surface area contributed by atoms with Crippen molar-refractivity contribution in [3.8, 4) is 16.9 Å². The number of hydrogen-bond donors (Lipinski definition) is 2. The first-order valence-electron chi connectivity index (χ1n) is 6.83. The first-order chi connectivity index (χ1) is 10.8. The molecule has 0 spiro atoms. The summed E-state index contributed by atoms with van der Waals surface area (Å²) in [6.45, 7) is 0. The number of benzene rings is 2. The minimum absolute atomic E-state index is 0.166. The highest BCUT2D eigenvalue weighted by molar-refractivity contribution is 5.87. The van der Waals surface area contributed by atoms with Crippen molar-refractivity contribution < 1.29 is 9.90 Å². The van der Waals surface area contributed by atoms with E-state index in [0.717, 1.165) is 17.4 Å². The van der Waals surface area contributed by atoms with Gasteiger partial charge in [-0.3, -0.25) is 4.79 Å². The predicted molar refractivity (Wildman–Crippen MR) is 86.5 cm³/mol. The van der Waals surface area contributed by atoms with Gasteiger partial charge in [-0.2, -0.15) is 0 Å². The molecular formula is C18H14N2O2. The van der Waals surface area contributed by atoms with Crippen molar-refractivity contribution >= 4 is 17.8 Å². The third-order valence-electron chi connectivity index (χ3n) is 3.33. The van der Waals surface area contributed by atoms with Gasteiger partial charge >= 0.3 is 0 Å². The van der Waals surface area contributed by atoms with E-state index in [2.05, 4.69) is 10.3 Å². The number of phenolic OH excluding ortho intramolecular Hbond substituents is 1. The molecule has 0 aliphatic heterocycles. The molecule has 108 valence electrons. The van der Waals surface area contributed by atoms with Crippen LogP contribution in [0.15, 0.2) is 66.9 Å². The van der Waals surface area contributed by atoms with E-state index in [0.29, 0.717) is 17.1 Å². The van der Waals surface area contributed by atoms with E-state index in [-0.39, 0.29) is 5.75 Å². The summed E-state index contributed by atoms with van der Waals surface area (Å²) >= 11 is 0. The number of anilines is 2. The minimum atomic E-state index is 0.166. The second kappa shape index (κ2) is 6.10. The molecule has 1 aromatic heterocycles. The highest BCUT2D eigenvalue weighted by Gasteiger charge is 2.05. The monoisotopic (exact) mass is 290 g/mol. The highest BCUT2D eigenvalue weighted by atomic mass is 16.3. The van der Waals surface area contributed by atoms with E-state index in [9.17, 15) is 9.90 Å². The third-order valence-corrected chi connectivity index (χ3v) is 3.33. The third kappa shape index (κ3) is 2.81. The zero-order valence-electron chi connectivity index (χ0n) is 11.7. The molecule has 22 heavy (non-hydrogen) atoms. The molecular weight excluding hydrogens is 276 g/mol. The van der Waals surface area contributed by atoms with Crippen LogP contribution in [0.5, 0.6) is 5.75 Å². The molecule has 0 aliphatic rings. The summed E-state index contributed by atoms with van der Waals surface area (Å²) in [6, 6.07) is 18.0. The molecule has 3 rings (SSSR count). The maximum absolute atomic E-state index is 11.1. The summed E-state index contributed by atoms with van der Waals surface area (Å²) in [4.78, 5) is 15.4. The fraction of sp³-hybridized carbons (Fsp3) is 0. The van der Waals surface area contributed by atoms with E-state index < -0.39 is 0 Å². The first-order valence-corrected chi connectivity index (χ1v) is 6.83. The van der Waals surface area contributed by atoms with Gasteiger partial charge in [-0.25, -0.2) is 4.98 Å². The number of aldehydes is 1. The Morgan fingerprint density at radius 3 is 2.45 bits per heavy atom. The molecule has 4 heteroatoms. The standard InChI is InChI=1S/C18H14N2O2/c21-12-14-5-1-2-6-15(14)13-9-10-18(19-11-13)20-16-7-3-4-8-17(16)22/h1-12,22H,(H,19,20). The average molecular weight is 290 g/mol. The quantitative estimate of drug-likeness (QED) is 0.563. The maximum Gasteiger partial charge on any atom is 0.150 e. The Balaban J connectivity index is 1.87. The minimum Gasteiger partial charge on any atom is -0.506 e. The number of nitrogens with one attached hydrogen (secondary N) is 1. The Labute approximate surface area is 128 Å². The van der Waals surface area contributed by atoms with Gasteiger partial charge in [0, 0.05) is 17.3 Å². The zero-order chi connectivity index (χ0) is 15.4. The molecule has 0 bridgehead atoms. The summed E-state index contributed by atoms with van der Waals surface area (Å²) in [5.74, 6) is 0.786. The molecule has 1 heterocycles. The van der Waals surface area contributed by atoms with E-state index in [1.165, 1.54) is 0 Å². The summed E-state index contributed by atoms with van der Waals surface area (Å²) in [5.41, 5.74) is 2.94. The molecule has 0 amide bonds. The number of para-hydroxylation sites is 2. The van der Waals surface area contributed by atoms with Crippen LogP contribution in [0.1, 0.15) is 10.4 Å². The number of pyridine rings is 1. The highest BCUT2D eigenvalue weighted by Crippen LogP contribution is 2.27. The van der Waals surface area contributed by atoms with E-state index in [4.69, 9.17) is 0 Å². The predicted octanol–water partition coefficient (Wildman–Crippen LogP) is 4.01. The molecule has 0 aliphatic carbocycles. The van der Waals surface area contributed by atoms with Crippen LogP contribution in [0.4, 0.5) is 11.5 Å². The fourth-order valence-electron chi connectivity index (χ4n) is 2.21. The number of nitrogens with zero attached hydrogens (tertiary/aromatic N) is 1. The lowest BCUT2D eigenvalue weighted by atomic mass is 10.0. The fourth-order valence-corrected chi connectivity index (χ4v) is 2.21. The Hall–Kier alpha value is -3.14. The molecule has 0 fully saturated rings. The number of phenols is 1. The van der Waals surface area contributed by atoms with Gasteiger partial charge in [-0.1, -0.05) is 36.4 Å². The van der Waals surface area contributed by atoms with E-state index in [1.54, 1.807) is 30.5 Å². The molecule has 0 unspecified atom stereocenters. The van der Waals surface area contributed by atoms with Gasteiger partial charge in [-0.15, -0.1) is 0 Å². The summed E-state index contributed by atoms with van der Waals surface area (Å²) < 4.78 is 0. The lowest BCUT2D eigenvalue weighted by Crippen LogP contribution is -1.94. The SMILES string of the molecule is O=Cc1ccccc1-c1ccc(Nc2ccccc2O)nc1. The molecule has 0 atom stereocenters. The van der Waals surface area contributed by atoms with Crippen molar-refractivity contribution in [2.24, 2.45) is 0 Å². The molecule has 2 aromatic carbocycles. The Kier molecular flexibility index (Phi) is 3.83. The Morgan fingerprint density at radius 1 is 0.955 bits per heavy atom. The van der Waals surface area contributed by atoms with Crippen LogP contribution in [0, 0.1) is 0 Å². The smallest absolute Gasteiger partial charge is 0.150 e. The molecule has 0 saturated heterocycles. The van der Waals surface area contributed by atoms with Crippen molar-refractivity contribution in [1.82, 2.24) is 4.98 Å². The van der Waals surface area contributed by atoms with Gasteiger partial charge in [0.05, 0.1) is 5.69 Å². The topological polar surface area (TPSA) is 62.2 Å². The zero-order valence-corrected chi connectivity index (χ0v) is 11.7. The van der Waals surface area contributed by atoms with Crippen LogP contribution in [0.3, 0.4) is 0 Å². The number of hydrogen-bond acceptors (Lipinski definition) is 4. The van der Waals surface area contributed by atoms with Gasteiger partial charge in [0.15, 0.2) is 6.29 Å². The van der Waals surface area contributed by atoms with Crippen LogP contribution < -0.4 is 5.32 Å². The number of rotatable bonds is 4. The second-order valence-electron chi connectivity index (χ2n) is 4.78. The number of aromatic hydroxyl groups is 1. The number of aromatic nitrogens is 1. The molecule has 3 aromatic rings. The summed E-state index contributed by atoms with van der Waals surface area (Å²) in [6.07, 6.45) is 2.54. The van der Waals surface area contributed by atoms with Gasteiger partial charge in [-0.05, 0) is 29.8 Å². The first kappa shape index (κ1) is 13.8. The van der Waals surface area contributed by atoms with Crippen LogP contribution >= 0.6 is 0 Å². The lowest BCUT2D eigenvalue weighted by molar-refractivity contribution is 0.112. The van der Waals surface area contributed by atoms with Crippen molar-refractivity contribution in [2.75, 3.05) is 5.32 Å². The van der Waals surface area contributed by atoms with Crippen molar-refractivity contribution in [2.45, 2.75) is 0 Å². The van der Waals surface area contributed by atoms with Crippen LogP contribution in [-0.4, -0.2) is 16.4 Å².